The van der Waals surface area contributed by atoms with Crippen LogP contribution in [0.3, 0.4) is 0 Å². The van der Waals surface area contributed by atoms with E-state index in [2.05, 4.69) is 0 Å². The Bertz CT molecular complexity index is 853. The van der Waals surface area contributed by atoms with Crippen molar-refractivity contribution in [3.8, 4) is 31.7 Å². The molecule has 23 heavy (non-hydrogen) atoms. The maximum absolute atomic E-state index is 10.8. The molecule has 3 heterocycles. The minimum Gasteiger partial charge on any atom is -0.485 e. The minimum atomic E-state index is -0.398. The van der Waals surface area contributed by atoms with Gasteiger partial charge in [0.25, 0.3) is 5.69 Å². The number of hydrogen-bond donors (Lipinski definition) is 0. The molecule has 0 bridgehead atoms. The number of nitro groups is 1. The van der Waals surface area contributed by atoms with E-state index < -0.39 is 4.92 Å². The molecule has 116 valence electrons. The lowest BCUT2D eigenvalue weighted by Crippen LogP contribution is -2.14. The van der Waals surface area contributed by atoms with Crippen LogP contribution in [0.5, 0.6) is 11.5 Å². The van der Waals surface area contributed by atoms with Gasteiger partial charge in [-0.15, -0.1) is 22.7 Å². The highest BCUT2D eigenvalue weighted by Gasteiger charge is 2.26. The van der Waals surface area contributed by atoms with Gasteiger partial charge in [-0.1, -0.05) is 6.07 Å². The molecule has 0 spiro atoms. The van der Waals surface area contributed by atoms with Crippen molar-refractivity contribution in [1.82, 2.24) is 0 Å². The normalized spacial score (nSPS) is 13.0. The van der Waals surface area contributed by atoms with Gasteiger partial charge in [0.05, 0.1) is 14.7 Å². The third kappa shape index (κ3) is 2.47. The Morgan fingerprint density at radius 2 is 1.70 bits per heavy atom. The van der Waals surface area contributed by atoms with E-state index in [0.29, 0.717) is 13.2 Å². The summed E-state index contributed by atoms with van der Waals surface area (Å²) in [7, 11) is 0. The topological polar surface area (TPSA) is 61.6 Å². The second-order valence-corrected chi connectivity index (χ2v) is 6.87. The SMILES string of the molecule is O=[N+]([O-])c1ccc(-c2sc(-c3cccs3)c3c2OCCO3)cc1. The molecule has 1 aliphatic rings. The monoisotopic (exact) mass is 345 g/mol. The summed E-state index contributed by atoms with van der Waals surface area (Å²) in [6.45, 7) is 1.04. The van der Waals surface area contributed by atoms with Crippen molar-refractivity contribution >= 4 is 28.4 Å². The van der Waals surface area contributed by atoms with Gasteiger partial charge in [-0.2, -0.15) is 0 Å². The summed E-state index contributed by atoms with van der Waals surface area (Å²) in [5.41, 5.74) is 0.972. The fourth-order valence-corrected chi connectivity index (χ4v) is 4.49. The standard InChI is InChI=1S/C16H11NO4S2/c18-17(19)11-5-3-10(4-6-11)15-13-14(21-8-7-20-13)16(23-15)12-2-1-9-22-12/h1-6,9H,7-8H2. The smallest absolute Gasteiger partial charge is 0.269 e. The van der Waals surface area contributed by atoms with Crippen LogP contribution in [0.25, 0.3) is 20.2 Å². The largest absolute Gasteiger partial charge is 0.485 e. The van der Waals surface area contributed by atoms with Crippen LogP contribution in [0.15, 0.2) is 41.8 Å². The predicted octanol–water partition coefficient (Wildman–Crippen LogP) is 4.82. The Morgan fingerprint density at radius 3 is 2.30 bits per heavy atom. The molecule has 0 amide bonds. The number of ether oxygens (including phenoxy) is 2. The fraction of sp³-hybridized carbons (Fsp3) is 0.125. The van der Waals surface area contributed by atoms with Crippen LogP contribution >= 0.6 is 22.7 Å². The molecule has 0 radical (unpaired) electrons. The van der Waals surface area contributed by atoms with Gasteiger partial charge in [0.15, 0.2) is 11.5 Å². The lowest BCUT2D eigenvalue weighted by Gasteiger charge is -2.17. The molecule has 4 rings (SSSR count). The van der Waals surface area contributed by atoms with Gasteiger partial charge in [0.1, 0.15) is 13.2 Å². The molecule has 3 aromatic rings. The van der Waals surface area contributed by atoms with Crippen LogP contribution in [0, 0.1) is 10.1 Å². The van der Waals surface area contributed by atoms with E-state index in [9.17, 15) is 10.1 Å². The Balaban J connectivity index is 1.84. The number of thiophene rings is 2. The highest BCUT2D eigenvalue weighted by Crippen LogP contribution is 2.54. The number of nitro benzene ring substituents is 1. The van der Waals surface area contributed by atoms with Gasteiger partial charge in [0, 0.05) is 17.0 Å². The molecule has 0 saturated carbocycles. The molecule has 5 nitrogen and oxygen atoms in total. The summed E-state index contributed by atoms with van der Waals surface area (Å²) in [6, 6.07) is 10.6. The fourth-order valence-electron chi connectivity index (χ4n) is 2.45. The second-order valence-electron chi connectivity index (χ2n) is 4.90. The Morgan fingerprint density at radius 1 is 1.00 bits per heavy atom. The Labute approximate surface area is 139 Å². The second kappa shape index (κ2) is 5.68. The summed E-state index contributed by atoms with van der Waals surface area (Å²) in [5.74, 6) is 1.51. The first-order chi connectivity index (χ1) is 11.2. The highest BCUT2D eigenvalue weighted by molar-refractivity contribution is 7.24. The summed E-state index contributed by atoms with van der Waals surface area (Å²) in [5, 5.41) is 12.8. The number of nitrogens with zero attached hydrogens (tertiary/aromatic N) is 1. The number of rotatable bonds is 3. The van der Waals surface area contributed by atoms with E-state index in [4.69, 9.17) is 9.47 Å². The summed E-state index contributed by atoms with van der Waals surface area (Å²) < 4.78 is 11.6. The molecule has 0 aliphatic carbocycles. The minimum absolute atomic E-state index is 0.0785. The summed E-state index contributed by atoms with van der Waals surface area (Å²) >= 11 is 3.24. The Hall–Kier alpha value is -2.38. The first-order valence-electron chi connectivity index (χ1n) is 6.95. The van der Waals surface area contributed by atoms with E-state index in [0.717, 1.165) is 31.7 Å². The van der Waals surface area contributed by atoms with Crippen molar-refractivity contribution < 1.29 is 14.4 Å². The maximum atomic E-state index is 10.8. The van der Waals surface area contributed by atoms with Gasteiger partial charge in [0.2, 0.25) is 0 Å². The number of hydrogen-bond acceptors (Lipinski definition) is 6. The van der Waals surface area contributed by atoms with E-state index in [1.54, 1.807) is 34.8 Å². The van der Waals surface area contributed by atoms with Gasteiger partial charge >= 0.3 is 0 Å². The molecule has 1 aliphatic heterocycles. The maximum Gasteiger partial charge on any atom is 0.269 e. The van der Waals surface area contributed by atoms with Crippen LogP contribution in [0.2, 0.25) is 0 Å². The van der Waals surface area contributed by atoms with Crippen LogP contribution in [0.4, 0.5) is 5.69 Å². The first-order valence-corrected chi connectivity index (χ1v) is 8.65. The zero-order chi connectivity index (χ0) is 15.8. The van der Waals surface area contributed by atoms with Crippen molar-refractivity contribution in [3.05, 3.63) is 51.9 Å². The zero-order valence-electron chi connectivity index (χ0n) is 11.9. The Kier molecular flexibility index (Phi) is 3.51. The quantitative estimate of drug-likeness (QED) is 0.504. The highest BCUT2D eigenvalue weighted by atomic mass is 32.1. The van der Waals surface area contributed by atoms with Crippen molar-refractivity contribution in [2.24, 2.45) is 0 Å². The molecule has 2 aromatic heterocycles. The molecule has 0 N–H and O–H groups in total. The van der Waals surface area contributed by atoms with Crippen molar-refractivity contribution in [2.45, 2.75) is 0 Å². The van der Waals surface area contributed by atoms with Crippen molar-refractivity contribution in [2.75, 3.05) is 13.2 Å². The van der Waals surface area contributed by atoms with E-state index in [1.807, 2.05) is 17.5 Å². The van der Waals surface area contributed by atoms with Crippen LogP contribution < -0.4 is 9.47 Å². The van der Waals surface area contributed by atoms with E-state index in [1.165, 1.54) is 12.1 Å². The molecule has 0 fully saturated rings. The van der Waals surface area contributed by atoms with Crippen molar-refractivity contribution in [3.63, 3.8) is 0 Å². The average Bonchev–Trinajstić information content (AvgIpc) is 3.22. The molecule has 0 atom stereocenters. The van der Waals surface area contributed by atoms with E-state index >= 15 is 0 Å². The van der Waals surface area contributed by atoms with Crippen LogP contribution in [0.1, 0.15) is 0 Å². The molecule has 1 aromatic carbocycles. The lowest BCUT2D eigenvalue weighted by atomic mass is 10.1. The average molecular weight is 345 g/mol. The molecule has 0 unspecified atom stereocenters. The molecular weight excluding hydrogens is 334 g/mol. The lowest BCUT2D eigenvalue weighted by molar-refractivity contribution is -0.384. The third-order valence-electron chi connectivity index (χ3n) is 3.48. The predicted molar refractivity (Wildman–Crippen MR) is 90.7 cm³/mol. The zero-order valence-corrected chi connectivity index (χ0v) is 13.5. The number of non-ortho nitro benzene ring substituents is 1. The first kappa shape index (κ1) is 14.2. The van der Waals surface area contributed by atoms with Gasteiger partial charge in [-0.3, -0.25) is 10.1 Å². The summed E-state index contributed by atoms with van der Waals surface area (Å²) in [6.07, 6.45) is 0. The van der Waals surface area contributed by atoms with E-state index in [-0.39, 0.29) is 5.69 Å². The van der Waals surface area contributed by atoms with Gasteiger partial charge < -0.3 is 9.47 Å². The van der Waals surface area contributed by atoms with Crippen LogP contribution in [-0.4, -0.2) is 18.1 Å². The van der Waals surface area contributed by atoms with Gasteiger partial charge in [-0.25, -0.2) is 0 Å². The third-order valence-corrected chi connectivity index (χ3v) is 5.74. The molecule has 0 saturated heterocycles. The molecular formula is C16H11NO4S2. The van der Waals surface area contributed by atoms with Crippen LogP contribution in [-0.2, 0) is 0 Å². The van der Waals surface area contributed by atoms with Crippen molar-refractivity contribution in [1.29, 1.82) is 0 Å². The summed E-state index contributed by atoms with van der Waals surface area (Å²) in [4.78, 5) is 13.5. The van der Waals surface area contributed by atoms with Gasteiger partial charge in [-0.05, 0) is 29.1 Å². The molecule has 7 heteroatoms. The number of fused-ring (bicyclic) bond motifs is 1. The number of benzene rings is 1.